The lowest BCUT2D eigenvalue weighted by Gasteiger charge is -2.04. The molecule has 0 radical (unpaired) electrons. The van der Waals surface area contributed by atoms with E-state index in [4.69, 9.17) is 18.0 Å². The summed E-state index contributed by atoms with van der Waals surface area (Å²) >= 11 is 5.74. The maximum Gasteiger partial charge on any atom is 0.134 e. The minimum atomic E-state index is 0.110. The zero-order valence-electron chi connectivity index (χ0n) is 7.76. The van der Waals surface area contributed by atoms with Crippen LogP contribution in [0.15, 0.2) is 18.2 Å². The van der Waals surface area contributed by atoms with Crippen molar-refractivity contribution in [2.75, 3.05) is 6.54 Å². The van der Waals surface area contributed by atoms with Crippen LogP contribution in [0.25, 0.3) is 0 Å². The second-order valence-electron chi connectivity index (χ2n) is 2.92. The van der Waals surface area contributed by atoms with Gasteiger partial charge >= 0.3 is 0 Å². The molecule has 0 aliphatic heterocycles. The van der Waals surface area contributed by atoms with Gasteiger partial charge in [0.15, 0.2) is 0 Å². The Morgan fingerprint density at radius 3 is 2.93 bits per heavy atom. The van der Waals surface area contributed by atoms with Crippen molar-refractivity contribution in [2.45, 2.75) is 13.0 Å². The predicted octanol–water partition coefficient (Wildman–Crippen LogP) is 2.16. The van der Waals surface area contributed by atoms with Crippen LogP contribution >= 0.6 is 11.6 Å². The van der Waals surface area contributed by atoms with Crippen LogP contribution in [0.3, 0.4) is 0 Å². The fourth-order valence-corrected chi connectivity index (χ4v) is 1.26. The third kappa shape index (κ3) is 3.29. The summed E-state index contributed by atoms with van der Waals surface area (Å²) in [4.78, 5) is 0. The summed E-state index contributed by atoms with van der Waals surface area (Å²) in [7, 11) is 0. The second-order valence-corrected chi connectivity index (χ2v) is 3.32. The Labute approximate surface area is 88.9 Å². The van der Waals surface area contributed by atoms with Gasteiger partial charge in [-0.3, -0.25) is 0 Å². The summed E-state index contributed by atoms with van der Waals surface area (Å²) < 4.78 is 0. The minimum Gasteiger partial charge on any atom is -0.506 e. The Morgan fingerprint density at radius 2 is 2.29 bits per heavy atom. The van der Waals surface area contributed by atoms with Crippen molar-refractivity contribution in [1.82, 2.24) is 5.32 Å². The maximum atomic E-state index is 9.17. The molecule has 0 saturated carbocycles. The average molecular weight is 210 g/mol. The summed E-state index contributed by atoms with van der Waals surface area (Å²) in [5, 5.41) is 12.7. The van der Waals surface area contributed by atoms with Crippen LogP contribution in [0.4, 0.5) is 0 Å². The first kappa shape index (κ1) is 10.9. The predicted molar refractivity (Wildman–Crippen MR) is 58.3 cm³/mol. The van der Waals surface area contributed by atoms with E-state index in [-0.39, 0.29) is 5.75 Å². The summed E-state index contributed by atoms with van der Waals surface area (Å²) in [5.41, 5.74) is 1.03. The monoisotopic (exact) mass is 209 g/mol. The summed E-state index contributed by atoms with van der Waals surface area (Å²) in [6.07, 6.45) is 5.82. The summed E-state index contributed by atoms with van der Waals surface area (Å²) in [5.74, 6) is 2.66. The van der Waals surface area contributed by atoms with Crippen molar-refractivity contribution in [3.05, 3.63) is 28.8 Å². The number of hydrogen-bond acceptors (Lipinski definition) is 2. The van der Waals surface area contributed by atoms with Crippen molar-refractivity contribution in [3.63, 3.8) is 0 Å². The van der Waals surface area contributed by atoms with Gasteiger partial charge in [0.1, 0.15) is 5.75 Å². The Balaban J connectivity index is 2.44. The van der Waals surface area contributed by atoms with Gasteiger partial charge in [0, 0.05) is 19.5 Å². The van der Waals surface area contributed by atoms with Crippen LogP contribution in [-0.2, 0) is 6.54 Å². The number of benzene rings is 1. The SMILES string of the molecule is C#CCCNCc1ccc(O)c(Cl)c1. The van der Waals surface area contributed by atoms with Crippen LogP contribution in [0.1, 0.15) is 12.0 Å². The van der Waals surface area contributed by atoms with Gasteiger partial charge in [0.2, 0.25) is 0 Å². The van der Waals surface area contributed by atoms with Gasteiger partial charge in [-0.2, -0.15) is 0 Å². The van der Waals surface area contributed by atoms with Crippen molar-refractivity contribution < 1.29 is 5.11 Å². The highest BCUT2D eigenvalue weighted by Crippen LogP contribution is 2.23. The van der Waals surface area contributed by atoms with Gasteiger partial charge < -0.3 is 10.4 Å². The van der Waals surface area contributed by atoms with Gasteiger partial charge in [-0.25, -0.2) is 0 Å². The van der Waals surface area contributed by atoms with Crippen LogP contribution < -0.4 is 5.32 Å². The smallest absolute Gasteiger partial charge is 0.134 e. The summed E-state index contributed by atoms with van der Waals surface area (Å²) in [6, 6.07) is 5.14. The van der Waals surface area contributed by atoms with E-state index >= 15 is 0 Å². The third-order valence-electron chi connectivity index (χ3n) is 1.79. The molecule has 1 aromatic rings. The minimum absolute atomic E-state index is 0.110. The molecule has 0 atom stereocenters. The number of aromatic hydroxyl groups is 1. The topological polar surface area (TPSA) is 32.3 Å². The molecular weight excluding hydrogens is 198 g/mol. The molecule has 14 heavy (non-hydrogen) atoms. The molecule has 0 aliphatic rings. The Morgan fingerprint density at radius 1 is 1.50 bits per heavy atom. The molecule has 3 heteroatoms. The van der Waals surface area contributed by atoms with E-state index in [9.17, 15) is 5.11 Å². The lowest BCUT2D eigenvalue weighted by atomic mass is 10.2. The average Bonchev–Trinajstić information content (AvgIpc) is 2.18. The molecule has 0 aliphatic carbocycles. The van der Waals surface area contributed by atoms with Gasteiger partial charge in [-0.1, -0.05) is 17.7 Å². The van der Waals surface area contributed by atoms with Gasteiger partial charge in [-0.15, -0.1) is 12.3 Å². The van der Waals surface area contributed by atoms with Crippen molar-refractivity contribution in [3.8, 4) is 18.1 Å². The first-order valence-corrected chi connectivity index (χ1v) is 4.73. The number of hydrogen-bond donors (Lipinski definition) is 2. The van der Waals surface area contributed by atoms with Crippen LogP contribution in [-0.4, -0.2) is 11.7 Å². The van der Waals surface area contributed by atoms with E-state index in [0.717, 1.165) is 12.1 Å². The number of rotatable bonds is 4. The first-order valence-electron chi connectivity index (χ1n) is 4.35. The van der Waals surface area contributed by atoms with E-state index in [1.807, 2.05) is 6.07 Å². The van der Waals surface area contributed by atoms with E-state index < -0.39 is 0 Å². The lowest BCUT2D eigenvalue weighted by Crippen LogP contribution is -2.13. The van der Waals surface area contributed by atoms with Crippen molar-refractivity contribution in [2.24, 2.45) is 0 Å². The molecule has 2 N–H and O–H groups in total. The Hall–Kier alpha value is -1.17. The maximum absolute atomic E-state index is 9.17. The highest BCUT2D eigenvalue weighted by Gasteiger charge is 1.98. The Kier molecular flexibility index (Phi) is 4.31. The number of terminal acetylenes is 1. The summed E-state index contributed by atoms with van der Waals surface area (Å²) in [6.45, 7) is 1.50. The van der Waals surface area contributed by atoms with Crippen LogP contribution in [0.5, 0.6) is 5.75 Å². The molecule has 0 bridgehead atoms. The number of halogens is 1. The molecule has 0 unspecified atom stereocenters. The van der Waals surface area contributed by atoms with Gasteiger partial charge in [-0.05, 0) is 17.7 Å². The number of phenolic OH excluding ortho intramolecular Hbond substituents is 1. The molecule has 2 nitrogen and oxygen atoms in total. The normalized spacial score (nSPS) is 9.71. The number of nitrogens with one attached hydrogen (secondary N) is 1. The standard InChI is InChI=1S/C11H12ClNO/c1-2-3-6-13-8-9-4-5-11(14)10(12)7-9/h1,4-5,7,13-14H,3,6,8H2. The van der Waals surface area contributed by atoms with Crippen LogP contribution in [0, 0.1) is 12.3 Å². The zero-order chi connectivity index (χ0) is 10.4. The molecule has 1 rings (SSSR count). The lowest BCUT2D eigenvalue weighted by molar-refractivity contribution is 0.475. The zero-order valence-corrected chi connectivity index (χ0v) is 8.51. The van der Waals surface area contributed by atoms with Crippen molar-refractivity contribution >= 4 is 11.6 Å². The van der Waals surface area contributed by atoms with Crippen LogP contribution in [0.2, 0.25) is 5.02 Å². The van der Waals surface area contributed by atoms with E-state index in [1.165, 1.54) is 0 Å². The molecule has 74 valence electrons. The van der Waals surface area contributed by atoms with Gasteiger partial charge in [0.25, 0.3) is 0 Å². The van der Waals surface area contributed by atoms with Gasteiger partial charge in [0.05, 0.1) is 5.02 Å². The molecule has 0 saturated heterocycles. The molecule has 1 aromatic carbocycles. The molecule has 0 fully saturated rings. The second kappa shape index (κ2) is 5.54. The number of phenols is 1. The highest BCUT2D eigenvalue weighted by molar-refractivity contribution is 6.32. The fraction of sp³-hybridized carbons (Fsp3) is 0.273. The van der Waals surface area contributed by atoms with E-state index in [0.29, 0.717) is 18.0 Å². The molecule has 0 amide bonds. The Bertz CT molecular complexity index is 344. The van der Waals surface area contributed by atoms with E-state index in [2.05, 4.69) is 11.2 Å². The fourth-order valence-electron chi connectivity index (χ4n) is 1.05. The highest BCUT2D eigenvalue weighted by atomic mass is 35.5. The molecular formula is C11H12ClNO. The first-order chi connectivity index (χ1) is 6.74. The van der Waals surface area contributed by atoms with E-state index in [1.54, 1.807) is 12.1 Å². The molecule has 0 aromatic heterocycles. The molecule has 0 spiro atoms. The third-order valence-corrected chi connectivity index (χ3v) is 2.09. The molecule has 0 heterocycles. The quantitative estimate of drug-likeness (QED) is 0.589. The largest absolute Gasteiger partial charge is 0.506 e. The van der Waals surface area contributed by atoms with Crippen molar-refractivity contribution in [1.29, 1.82) is 0 Å².